The van der Waals surface area contributed by atoms with Crippen LogP contribution in [-0.2, 0) is 4.79 Å². The number of rotatable bonds is 5. The average molecular weight is 426 g/mol. The molecule has 0 radical (unpaired) electrons. The Morgan fingerprint density at radius 1 is 1.03 bits per heavy atom. The van der Waals surface area contributed by atoms with E-state index in [2.05, 4.69) is 5.32 Å². The van der Waals surface area contributed by atoms with E-state index in [-0.39, 0.29) is 30.5 Å². The second-order valence-corrected chi connectivity index (χ2v) is 7.65. The number of halogens is 4. The summed E-state index contributed by atoms with van der Waals surface area (Å²) >= 11 is 0.426. The van der Waals surface area contributed by atoms with Crippen molar-refractivity contribution in [3.63, 3.8) is 0 Å². The van der Waals surface area contributed by atoms with E-state index in [1.54, 1.807) is 12.1 Å². The quantitative estimate of drug-likeness (QED) is 0.554. The molecule has 1 N–H and O–H groups in total. The monoisotopic (exact) mass is 426 g/mol. The van der Waals surface area contributed by atoms with Gasteiger partial charge in [0.1, 0.15) is 11.6 Å². The third-order valence-electron chi connectivity index (χ3n) is 4.66. The first-order valence-electron chi connectivity index (χ1n) is 8.93. The molecule has 3 rings (SSSR count). The number of benzene rings is 2. The maximum absolute atomic E-state index is 13.8. The highest BCUT2D eigenvalue weighted by atomic mass is 32.2. The maximum Gasteiger partial charge on any atom is 0.288 e. The van der Waals surface area contributed by atoms with E-state index >= 15 is 0 Å². The number of carbonyl (C=O) groups excluding carboxylic acids is 2. The molecule has 29 heavy (non-hydrogen) atoms. The molecule has 1 heterocycles. The summed E-state index contributed by atoms with van der Waals surface area (Å²) in [6.07, 6.45) is 0.805. The topological polar surface area (TPSA) is 49.4 Å². The molecule has 2 aromatic carbocycles. The Morgan fingerprint density at radius 3 is 2.28 bits per heavy atom. The largest absolute Gasteiger partial charge is 0.339 e. The lowest BCUT2D eigenvalue weighted by Crippen LogP contribution is -2.41. The Kier molecular flexibility index (Phi) is 6.79. The standard InChI is InChI=1S/C20H18F4N2O2S/c21-13-1-6-16(17(22)11-13)19(28)26-9-7-12(8-10-26)18(27)25-14-2-4-15(5-3-14)29-20(23)24/h1-6,11-12,20H,7-10H2,(H,25,27). The van der Waals surface area contributed by atoms with E-state index < -0.39 is 23.3 Å². The number of anilines is 1. The molecule has 0 atom stereocenters. The van der Waals surface area contributed by atoms with Crippen molar-refractivity contribution in [3.05, 3.63) is 59.7 Å². The van der Waals surface area contributed by atoms with Gasteiger partial charge in [-0.25, -0.2) is 8.78 Å². The fraction of sp³-hybridized carbons (Fsp3) is 0.300. The van der Waals surface area contributed by atoms with Gasteiger partial charge in [-0.3, -0.25) is 9.59 Å². The zero-order valence-electron chi connectivity index (χ0n) is 15.2. The molecule has 1 aliphatic rings. The molecule has 1 aliphatic heterocycles. The summed E-state index contributed by atoms with van der Waals surface area (Å²) in [5.41, 5.74) is 0.302. The minimum atomic E-state index is -2.51. The number of hydrogen-bond donors (Lipinski definition) is 1. The van der Waals surface area contributed by atoms with Gasteiger partial charge in [0.25, 0.3) is 11.7 Å². The lowest BCUT2D eigenvalue weighted by Gasteiger charge is -2.31. The van der Waals surface area contributed by atoms with Gasteiger partial charge in [-0.05, 0) is 49.2 Å². The first-order valence-corrected chi connectivity index (χ1v) is 9.81. The predicted octanol–water partition coefficient (Wildman–Crippen LogP) is 4.77. The molecule has 0 aliphatic carbocycles. The Bertz CT molecular complexity index is 885. The van der Waals surface area contributed by atoms with Gasteiger partial charge in [0.15, 0.2) is 0 Å². The first-order chi connectivity index (χ1) is 13.8. The van der Waals surface area contributed by atoms with E-state index in [9.17, 15) is 27.2 Å². The number of amides is 2. The van der Waals surface area contributed by atoms with Crippen molar-refractivity contribution < 1.29 is 27.2 Å². The fourth-order valence-electron chi connectivity index (χ4n) is 3.14. The van der Waals surface area contributed by atoms with Crippen molar-refractivity contribution in [2.75, 3.05) is 18.4 Å². The number of nitrogens with zero attached hydrogens (tertiary/aromatic N) is 1. The fourth-order valence-corrected chi connectivity index (χ4v) is 3.64. The van der Waals surface area contributed by atoms with Crippen molar-refractivity contribution in [1.29, 1.82) is 0 Å². The molecule has 0 unspecified atom stereocenters. The second kappa shape index (κ2) is 9.30. The Labute approximate surface area is 169 Å². The van der Waals surface area contributed by atoms with E-state index in [0.29, 0.717) is 41.3 Å². The van der Waals surface area contributed by atoms with Gasteiger partial charge in [-0.15, -0.1) is 0 Å². The van der Waals surface area contributed by atoms with E-state index in [0.717, 1.165) is 12.1 Å². The molecule has 0 saturated carbocycles. The zero-order chi connectivity index (χ0) is 21.0. The molecule has 0 bridgehead atoms. The molecule has 2 amide bonds. The van der Waals surface area contributed by atoms with Crippen LogP contribution < -0.4 is 5.32 Å². The highest BCUT2D eigenvalue weighted by Crippen LogP contribution is 2.27. The predicted molar refractivity (Wildman–Crippen MR) is 102 cm³/mol. The SMILES string of the molecule is O=C(Nc1ccc(SC(F)F)cc1)C1CCN(C(=O)c2ccc(F)cc2F)CC1. The van der Waals surface area contributed by atoms with E-state index in [1.807, 2.05) is 0 Å². The smallest absolute Gasteiger partial charge is 0.288 e. The van der Waals surface area contributed by atoms with Gasteiger partial charge < -0.3 is 10.2 Å². The summed E-state index contributed by atoms with van der Waals surface area (Å²) < 4.78 is 51.5. The van der Waals surface area contributed by atoms with Gasteiger partial charge >= 0.3 is 0 Å². The lowest BCUT2D eigenvalue weighted by atomic mass is 9.95. The summed E-state index contributed by atoms with van der Waals surface area (Å²) in [6, 6.07) is 8.93. The molecular weight excluding hydrogens is 408 g/mol. The minimum absolute atomic E-state index is 0.198. The molecule has 0 aromatic heterocycles. The van der Waals surface area contributed by atoms with Crippen LogP contribution in [0.5, 0.6) is 0 Å². The summed E-state index contributed by atoms with van der Waals surface area (Å²) in [4.78, 5) is 26.7. The zero-order valence-corrected chi connectivity index (χ0v) is 16.0. The average Bonchev–Trinajstić information content (AvgIpc) is 2.69. The molecular formula is C20H18F4N2O2S. The summed E-state index contributed by atoms with van der Waals surface area (Å²) in [5.74, 6) is -5.26. The normalized spacial score (nSPS) is 14.9. The lowest BCUT2D eigenvalue weighted by molar-refractivity contribution is -0.121. The molecule has 1 saturated heterocycles. The van der Waals surface area contributed by atoms with Crippen molar-refractivity contribution in [2.45, 2.75) is 23.5 Å². The van der Waals surface area contributed by atoms with Crippen LogP contribution in [0, 0.1) is 17.6 Å². The first kappa shape index (κ1) is 21.2. The van der Waals surface area contributed by atoms with Crippen molar-refractivity contribution >= 4 is 29.3 Å². The molecule has 4 nitrogen and oxygen atoms in total. The Hall–Kier alpha value is -2.55. The van der Waals surface area contributed by atoms with Crippen LogP contribution in [-0.4, -0.2) is 35.6 Å². The van der Waals surface area contributed by atoms with Crippen LogP contribution in [0.3, 0.4) is 0 Å². The minimum Gasteiger partial charge on any atom is -0.339 e. The van der Waals surface area contributed by atoms with E-state index in [4.69, 9.17) is 0 Å². The maximum atomic E-state index is 13.8. The van der Waals surface area contributed by atoms with Gasteiger partial charge in [-0.2, -0.15) is 8.78 Å². The Morgan fingerprint density at radius 2 is 1.69 bits per heavy atom. The number of piperidine rings is 1. The molecule has 0 spiro atoms. The number of nitrogens with one attached hydrogen (secondary N) is 1. The van der Waals surface area contributed by atoms with Gasteiger partial charge in [0, 0.05) is 35.7 Å². The number of hydrogen-bond acceptors (Lipinski definition) is 3. The highest BCUT2D eigenvalue weighted by Gasteiger charge is 2.29. The van der Waals surface area contributed by atoms with Crippen LogP contribution in [0.2, 0.25) is 0 Å². The van der Waals surface area contributed by atoms with Gasteiger partial charge in [-0.1, -0.05) is 11.8 Å². The van der Waals surface area contributed by atoms with Crippen molar-refractivity contribution in [1.82, 2.24) is 4.90 Å². The summed E-state index contributed by atoms with van der Waals surface area (Å²) in [7, 11) is 0. The van der Waals surface area contributed by atoms with E-state index in [1.165, 1.54) is 17.0 Å². The number of alkyl halides is 2. The highest BCUT2D eigenvalue weighted by molar-refractivity contribution is 7.99. The number of thioether (sulfide) groups is 1. The van der Waals surface area contributed by atoms with Crippen molar-refractivity contribution in [3.8, 4) is 0 Å². The van der Waals surface area contributed by atoms with Gasteiger partial charge in [0.05, 0.1) is 5.56 Å². The van der Waals surface area contributed by atoms with Crippen molar-refractivity contribution in [2.24, 2.45) is 5.92 Å². The number of likely N-dealkylation sites (tertiary alicyclic amines) is 1. The molecule has 1 fully saturated rings. The third kappa shape index (κ3) is 5.50. The number of carbonyl (C=O) groups is 2. The van der Waals surface area contributed by atoms with Gasteiger partial charge in [0.2, 0.25) is 5.91 Å². The summed E-state index contributed by atoms with van der Waals surface area (Å²) in [6.45, 7) is 0.551. The van der Waals surface area contributed by atoms with Crippen LogP contribution in [0.15, 0.2) is 47.4 Å². The van der Waals surface area contributed by atoms with Crippen LogP contribution in [0.1, 0.15) is 23.2 Å². The summed E-state index contributed by atoms with van der Waals surface area (Å²) in [5, 5.41) is 2.74. The molecule has 2 aromatic rings. The molecule has 154 valence electrons. The molecule has 9 heteroatoms. The van der Waals surface area contributed by atoms with Crippen LogP contribution in [0.25, 0.3) is 0 Å². The van der Waals surface area contributed by atoms with Crippen LogP contribution in [0.4, 0.5) is 23.2 Å². The Balaban J connectivity index is 1.53. The third-order valence-corrected chi connectivity index (χ3v) is 5.38. The second-order valence-electron chi connectivity index (χ2n) is 6.58. The van der Waals surface area contributed by atoms with Crippen LogP contribution >= 0.6 is 11.8 Å².